The van der Waals surface area contributed by atoms with E-state index in [0.717, 1.165) is 17.0 Å². The molecule has 0 aliphatic heterocycles. The zero-order valence-electron chi connectivity index (χ0n) is 8.89. The topological polar surface area (TPSA) is 25.8 Å². The van der Waals surface area contributed by atoms with Crippen LogP contribution >= 0.6 is 0 Å². The summed E-state index contributed by atoms with van der Waals surface area (Å²) < 4.78 is 12.9. The molecule has 0 saturated heterocycles. The molecule has 0 spiro atoms. The normalized spacial score (nSPS) is 10.9. The highest BCUT2D eigenvalue weighted by Crippen LogP contribution is 2.08. The molecule has 0 amide bonds. The minimum absolute atomic E-state index is 0.238. The average molecular weight is 214 g/mol. The van der Waals surface area contributed by atoms with E-state index in [9.17, 15) is 4.39 Å². The molecule has 1 aromatic heterocycles. The van der Waals surface area contributed by atoms with Gasteiger partial charge in [0.2, 0.25) is 0 Å². The Hall–Kier alpha value is -2.03. The summed E-state index contributed by atoms with van der Waals surface area (Å²) in [6.07, 6.45) is 6.99. The summed E-state index contributed by atoms with van der Waals surface area (Å²) in [4.78, 5) is 8.29. The van der Waals surface area contributed by atoms with Crippen molar-refractivity contribution >= 4 is 12.2 Å². The quantitative estimate of drug-likeness (QED) is 0.767. The molecule has 2 nitrogen and oxygen atoms in total. The zero-order valence-corrected chi connectivity index (χ0v) is 8.89. The lowest BCUT2D eigenvalue weighted by molar-refractivity contribution is 0.627. The summed E-state index contributed by atoms with van der Waals surface area (Å²) >= 11 is 0. The van der Waals surface area contributed by atoms with Crippen LogP contribution < -0.4 is 0 Å². The van der Waals surface area contributed by atoms with Crippen LogP contribution in [-0.2, 0) is 0 Å². The number of aromatic nitrogens is 2. The van der Waals surface area contributed by atoms with Gasteiger partial charge in [0.05, 0.1) is 17.6 Å². The fourth-order valence-electron chi connectivity index (χ4n) is 1.36. The summed E-state index contributed by atoms with van der Waals surface area (Å²) in [5.74, 6) is -0.238. The van der Waals surface area contributed by atoms with Gasteiger partial charge in [0.1, 0.15) is 5.82 Å². The van der Waals surface area contributed by atoms with Gasteiger partial charge in [0.25, 0.3) is 0 Å². The van der Waals surface area contributed by atoms with Gasteiger partial charge in [0.15, 0.2) is 0 Å². The Morgan fingerprint density at radius 3 is 2.81 bits per heavy atom. The molecule has 3 heteroatoms. The van der Waals surface area contributed by atoms with Gasteiger partial charge in [-0.2, -0.15) is 0 Å². The third-order valence-electron chi connectivity index (χ3n) is 2.07. The molecule has 1 heterocycles. The first kappa shape index (κ1) is 10.5. The average Bonchev–Trinajstić information content (AvgIpc) is 2.27. The maximum Gasteiger partial charge on any atom is 0.123 e. The van der Waals surface area contributed by atoms with Gasteiger partial charge in [-0.3, -0.25) is 9.97 Å². The van der Waals surface area contributed by atoms with Crippen LogP contribution in [0.5, 0.6) is 0 Å². The van der Waals surface area contributed by atoms with Crippen LogP contribution in [-0.4, -0.2) is 9.97 Å². The summed E-state index contributed by atoms with van der Waals surface area (Å²) in [6.45, 7) is 1.88. The molecule has 0 aliphatic rings. The van der Waals surface area contributed by atoms with Gasteiger partial charge in [-0.15, -0.1) is 0 Å². The van der Waals surface area contributed by atoms with E-state index < -0.39 is 0 Å². The minimum Gasteiger partial charge on any atom is -0.261 e. The van der Waals surface area contributed by atoms with Crippen LogP contribution in [0.4, 0.5) is 4.39 Å². The number of nitrogens with zero attached hydrogens (tertiary/aromatic N) is 2. The molecule has 0 radical (unpaired) electrons. The van der Waals surface area contributed by atoms with Crippen molar-refractivity contribution in [3.63, 3.8) is 0 Å². The predicted molar refractivity (Wildman–Crippen MR) is 62.1 cm³/mol. The molecule has 16 heavy (non-hydrogen) atoms. The number of halogens is 1. The smallest absolute Gasteiger partial charge is 0.123 e. The van der Waals surface area contributed by atoms with Gasteiger partial charge in [-0.25, -0.2) is 4.39 Å². The molecule has 0 saturated carbocycles. The molecule has 1 aromatic carbocycles. The first-order chi connectivity index (χ1) is 7.74. The molecule has 0 unspecified atom stereocenters. The van der Waals surface area contributed by atoms with Crippen molar-refractivity contribution in [1.82, 2.24) is 9.97 Å². The number of hydrogen-bond acceptors (Lipinski definition) is 2. The number of hydrogen-bond donors (Lipinski definition) is 0. The van der Waals surface area contributed by atoms with Crippen LogP contribution in [0.3, 0.4) is 0 Å². The number of rotatable bonds is 2. The fourth-order valence-corrected chi connectivity index (χ4v) is 1.36. The Balaban J connectivity index is 2.21. The molecule has 0 N–H and O–H groups in total. The van der Waals surface area contributed by atoms with Crippen molar-refractivity contribution < 1.29 is 4.39 Å². The highest BCUT2D eigenvalue weighted by atomic mass is 19.1. The SMILES string of the molecule is Cc1cncc(/C=C/c2cccc(F)c2)n1. The van der Waals surface area contributed by atoms with Crippen LogP contribution in [0.25, 0.3) is 12.2 Å². The van der Waals surface area contributed by atoms with Crippen LogP contribution in [0.1, 0.15) is 17.0 Å². The third-order valence-corrected chi connectivity index (χ3v) is 2.07. The van der Waals surface area contributed by atoms with Gasteiger partial charge < -0.3 is 0 Å². The summed E-state index contributed by atoms with van der Waals surface area (Å²) in [7, 11) is 0. The van der Waals surface area contributed by atoms with E-state index in [1.54, 1.807) is 18.5 Å². The first-order valence-electron chi connectivity index (χ1n) is 4.96. The van der Waals surface area contributed by atoms with Gasteiger partial charge >= 0.3 is 0 Å². The highest BCUT2D eigenvalue weighted by molar-refractivity contribution is 5.67. The summed E-state index contributed by atoms with van der Waals surface area (Å²) in [5, 5.41) is 0. The Kier molecular flexibility index (Phi) is 3.05. The molecule has 2 aromatic rings. The van der Waals surface area contributed by atoms with E-state index >= 15 is 0 Å². The largest absolute Gasteiger partial charge is 0.261 e. The van der Waals surface area contributed by atoms with E-state index in [0.29, 0.717) is 0 Å². The Morgan fingerprint density at radius 2 is 2.06 bits per heavy atom. The van der Waals surface area contributed by atoms with Crippen molar-refractivity contribution in [3.05, 3.63) is 59.4 Å². The van der Waals surface area contributed by atoms with Crippen LogP contribution in [0.2, 0.25) is 0 Å². The molecule has 0 atom stereocenters. The standard InChI is InChI=1S/C13H11FN2/c1-10-8-15-9-13(16-10)6-5-11-3-2-4-12(14)7-11/h2-9H,1H3/b6-5+. The summed E-state index contributed by atoms with van der Waals surface area (Å²) in [5.41, 5.74) is 2.44. The van der Waals surface area contributed by atoms with Gasteiger partial charge in [-0.1, -0.05) is 18.2 Å². The lowest BCUT2D eigenvalue weighted by Gasteiger charge is -1.95. The number of benzene rings is 1. The molecular weight excluding hydrogens is 203 g/mol. The number of aryl methyl sites for hydroxylation is 1. The van der Waals surface area contributed by atoms with Crippen LogP contribution in [0.15, 0.2) is 36.7 Å². The highest BCUT2D eigenvalue weighted by Gasteiger charge is 1.92. The Morgan fingerprint density at radius 1 is 1.19 bits per heavy atom. The first-order valence-corrected chi connectivity index (χ1v) is 4.96. The van der Waals surface area contributed by atoms with Crippen molar-refractivity contribution in [2.45, 2.75) is 6.92 Å². The molecule has 2 rings (SSSR count). The van der Waals surface area contributed by atoms with E-state index in [-0.39, 0.29) is 5.82 Å². The lowest BCUT2D eigenvalue weighted by Crippen LogP contribution is -1.86. The third kappa shape index (κ3) is 2.73. The lowest BCUT2D eigenvalue weighted by atomic mass is 10.2. The zero-order chi connectivity index (χ0) is 11.4. The van der Waals surface area contributed by atoms with Gasteiger partial charge in [-0.05, 0) is 30.7 Å². The van der Waals surface area contributed by atoms with E-state index in [1.807, 2.05) is 25.1 Å². The molecule has 0 bridgehead atoms. The second kappa shape index (κ2) is 4.66. The fraction of sp³-hybridized carbons (Fsp3) is 0.0769. The monoisotopic (exact) mass is 214 g/mol. The molecule has 0 fully saturated rings. The van der Waals surface area contributed by atoms with Gasteiger partial charge in [0, 0.05) is 6.20 Å². The van der Waals surface area contributed by atoms with Crippen molar-refractivity contribution in [2.75, 3.05) is 0 Å². The molecule has 80 valence electrons. The van der Waals surface area contributed by atoms with E-state index in [2.05, 4.69) is 9.97 Å². The second-order valence-corrected chi connectivity index (χ2v) is 3.47. The van der Waals surface area contributed by atoms with Crippen molar-refractivity contribution in [2.24, 2.45) is 0 Å². The minimum atomic E-state index is -0.238. The predicted octanol–water partition coefficient (Wildman–Crippen LogP) is 3.09. The molecular formula is C13H11FN2. The Labute approximate surface area is 93.5 Å². The van der Waals surface area contributed by atoms with E-state index in [1.165, 1.54) is 12.1 Å². The Bertz CT molecular complexity index is 473. The van der Waals surface area contributed by atoms with Crippen LogP contribution in [0, 0.1) is 12.7 Å². The van der Waals surface area contributed by atoms with Crippen molar-refractivity contribution in [3.8, 4) is 0 Å². The van der Waals surface area contributed by atoms with Crippen molar-refractivity contribution in [1.29, 1.82) is 0 Å². The van der Waals surface area contributed by atoms with E-state index in [4.69, 9.17) is 0 Å². The second-order valence-electron chi connectivity index (χ2n) is 3.47. The molecule has 0 aliphatic carbocycles. The maximum atomic E-state index is 12.9. The maximum absolute atomic E-state index is 12.9. The summed E-state index contributed by atoms with van der Waals surface area (Å²) in [6, 6.07) is 6.41.